The fourth-order valence-electron chi connectivity index (χ4n) is 3.45. The molecular weight excluding hydrogens is 483 g/mol. The molecule has 1 atom stereocenters. The average molecular weight is 511 g/mol. The van der Waals surface area contributed by atoms with Crippen LogP contribution in [0.1, 0.15) is 61.4 Å². The summed E-state index contributed by atoms with van der Waals surface area (Å²) in [7, 11) is 1.81. The van der Waals surface area contributed by atoms with Gasteiger partial charge in [-0.2, -0.15) is 4.98 Å². The number of halogens is 1. The van der Waals surface area contributed by atoms with Crippen molar-refractivity contribution in [3.63, 3.8) is 0 Å². The number of nitrogens with one attached hydrogen (secondary N) is 3. The first-order chi connectivity index (χ1) is 17.0. The van der Waals surface area contributed by atoms with Gasteiger partial charge >= 0.3 is 11.8 Å². The van der Waals surface area contributed by atoms with Crippen LogP contribution in [0.15, 0.2) is 35.2 Å². The lowest BCUT2D eigenvalue weighted by atomic mass is 9.96. The van der Waals surface area contributed by atoms with Crippen LogP contribution in [0.25, 0.3) is 11.3 Å². The Kier molecular flexibility index (Phi) is 6.97. The number of hydrogen-bond acceptors (Lipinski definition) is 10. The highest BCUT2D eigenvalue weighted by molar-refractivity contribution is 7.19. The van der Waals surface area contributed by atoms with Crippen LogP contribution in [0.5, 0.6) is 0 Å². The minimum Gasteiger partial charge on any atom is -0.379 e. The molecule has 4 aromatic rings. The molecule has 3 heterocycles. The first-order valence-electron chi connectivity index (χ1n) is 11.2. The van der Waals surface area contributed by atoms with Crippen LogP contribution < -0.4 is 16.0 Å². The summed E-state index contributed by atoms with van der Waals surface area (Å²) in [4.78, 5) is 29.5. The normalized spacial score (nSPS) is 12.3. The predicted octanol–water partition coefficient (Wildman–Crippen LogP) is 5.00. The third-order valence-corrected chi connectivity index (χ3v) is 6.32. The molecular formula is C24H27FN8O2S. The van der Waals surface area contributed by atoms with E-state index in [0.29, 0.717) is 33.6 Å². The lowest BCUT2D eigenvalue weighted by molar-refractivity contribution is 0.0895. The molecule has 0 saturated carbocycles. The van der Waals surface area contributed by atoms with Crippen LogP contribution in [-0.2, 0) is 5.41 Å². The van der Waals surface area contributed by atoms with Crippen molar-refractivity contribution in [1.29, 1.82) is 0 Å². The molecule has 0 bridgehead atoms. The van der Waals surface area contributed by atoms with Gasteiger partial charge in [-0.25, -0.2) is 19.3 Å². The van der Waals surface area contributed by atoms with Crippen molar-refractivity contribution in [2.45, 2.75) is 46.1 Å². The second-order valence-electron chi connectivity index (χ2n) is 9.25. The van der Waals surface area contributed by atoms with E-state index < -0.39 is 17.8 Å². The molecule has 188 valence electrons. The summed E-state index contributed by atoms with van der Waals surface area (Å²) in [5.41, 5.74) is 1.79. The van der Waals surface area contributed by atoms with E-state index in [1.54, 1.807) is 25.3 Å². The Labute approximate surface area is 211 Å². The SMILES string of the molecule is CNc1cnc(Nc2cc(-c3cc(C)c([C@@H](C)NC(=O)c4nc(C(C)(C)C)no4)cc3F)ncn2)s1. The van der Waals surface area contributed by atoms with Gasteiger partial charge in [0.2, 0.25) is 0 Å². The molecule has 36 heavy (non-hydrogen) atoms. The van der Waals surface area contributed by atoms with Crippen molar-refractivity contribution in [1.82, 2.24) is 30.4 Å². The van der Waals surface area contributed by atoms with Gasteiger partial charge in [0.05, 0.1) is 17.9 Å². The van der Waals surface area contributed by atoms with Crippen molar-refractivity contribution in [3.8, 4) is 11.3 Å². The molecule has 3 N–H and O–H groups in total. The van der Waals surface area contributed by atoms with Gasteiger partial charge in [0.25, 0.3) is 0 Å². The molecule has 12 heteroatoms. The highest BCUT2D eigenvalue weighted by Gasteiger charge is 2.25. The summed E-state index contributed by atoms with van der Waals surface area (Å²) < 4.78 is 20.3. The van der Waals surface area contributed by atoms with E-state index >= 15 is 4.39 Å². The molecule has 0 fully saturated rings. The Balaban J connectivity index is 1.52. The number of nitrogens with zero attached hydrogens (tertiary/aromatic N) is 5. The van der Waals surface area contributed by atoms with Gasteiger partial charge in [-0.15, -0.1) is 0 Å². The fourth-order valence-corrected chi connectivity index (χ4v) is 4.12. The number of benzene rings is 1. The summed E-state index contributed by atoms with van der Waals surface area (Å²) in [5, 5.41) is 14.4. The van der Waals surface area contributed by atoms with Crippen molar-refractivity contribution in [2.75, 3.05) is 17.7 Å². The Morgan fingerprint density at radius 3 is 2.61 bits per heavy atom. The molecule has 0 aliphatic rings. The number of carbonyl (C=O) groups excluding carboxylic acids is 1. The first kappa shape index (κ1) is 25.2. The number of aromatic nitrogens is 5. The van der Waals surface area contributed by atoms with Crippen LogP contribution >= 0.6 is 11.3 Å². The topological polar surface area (TPSA) is 131 Å². The lowest BCUT2D eigenvalue weighted by Crippen LogP contribution is -2.27. The number of rotatable bonds is 7. The molecule has 0 aliphatic heterocycles. The first-order valence-corrected chi connectivity index (χ1v) is 12.0. The molecule has 0 radical (unpaired) electrons. The zero-order valence-electron chi connectivity index (χ0n) is 20.8. The number of anilines is 3. The Morgan fingerprint density at radius 2 is 1.94 bits per heavy atom. The van der Waals surface area contributed by atoms with Crippen molar-refractivity contribution < 1.29 is 13.7 Å². The van der Waals surface area contributed by atoms with Gasteiger partial charge in [-0.1, -0.05) is 37.3 Å². The van der Waals surface area contributed by atoms with Crippen LogP contribution in [0.2, 0.25) is 0 Å². The van der Waals surface area contributed by atoms with Crippen LogP contribution in [-0.4, -0.2) is 38.0 Å². The molecule has 0 aliphatic carbocycles. The lowest BCUT2D eigenvalue weighted by Gasteiger charge is -2.17. The second-order valence-corrected chi connectivity index (χ2v) is 10.3. The summed E-state index contributed by atoms with van der Waals surface area (Å²) in [6.07, 6.45) is 3.07. The van der Waals surface area contributed by atoms with E-state index in [9.17, 15) is 4.79 Å². The van der Waals surface area contributed by atoms with E-state index in [0.717, 1.165) is 10.6 Å². The number of aryl methyl sites for hydroxylation is 1. The summed E-state index contributed by atoms with van der Waals surface area (Å²) in [6, 6.07) is 4.26. The van der Waals surface area contributed by atoms with Gasteiger partial charge in [0.1, 0.15) is 23.0 Å². The highest BCUT2D eigenvalue weighted by Crippen LogP contribution is 2.30. The van der Waals surface area contributed by atoms with E-state index in [-0.39, 0.29) is 11.3 Å². The van der Waals surface area contributed by atoms with Crippen molar-refractivity contribution in [2.24, 2.45) is 0 Å². The molecule has 1 amide bonds. The smallest absolute Gasteiger partial charge is 0.315 e. The largest absolute Gasteiger partial charge is 0.379 e. The van der Waals surface area contributed by atoms with Crippen LogP contribution in [0.4, 0.5) is 20.3 Å². The molecule has 10 nitrogen and oxygen atoms in total. The minimum absolute atomic E-state index is 0.135. The second kappa shape index (κ2) is 9.97. The quantitative estimate of drug-likeness (QED) is 0.314. The van der Waals surface area contributed by atoms with E-state index in [4.69, 9.17) is 4.52 Å². The third-order valence-electron chi connectivity index (χ3n) is 5.39. The standard InChI is InChI=1S/C24H27FN8O2S/c1-12-7-15(17-9-18(29-11-28-17)31-23-27-10-19(26-6)36-23)16(25)8-14(12)13(2)30-20(34)21-32-22(33-35-21)24(3,4)5/h7-11,13,26H,1-6H3,(H,30,34)(H,27,28,29,31)/t13-/m1/s1. The molecule has 0 unspecified atom stereocenters. The molecule has 3 aromatic heterocycles. The maximum Gasteiger partial charge on any atom is 0.315 e. The van der Waals surface area contributed by atoms with E-state index in [2.05, 4.69) is 41.0 Å². The number of thiazole rings is 1. The maximum atomic E-state index is 15.2. The van der Waals surface area contributed by atoms with Crippen molar-refractivity contribution >= 4 is 33.2 Å². The average Bonchev–Trinajstić information content (AvgIpc) is 3.50. The van der Waals surface area contributed by atoms with Crippen LogP contribution in [0, 0.1) is 12.7 Å². The monoisotopic (exact) mass is 510 g/mol. The Bertz CT molecular complexity index is 1400. The van der Waals surface area contributed by atoms with Gasteiger partial charge in [0, 0.05) is 24.1 Å². The van der Waals surface area contributed by atoms with Gasteiger partial charge < -0.3 is 20.5 Å². The zero-order chi connectivity index (χ0) is 26.0. The third kappa shape index (κ3) is 5.48. The minimum atomic E-state index is -0.524. The summed E-state index contributed by atoms with van der Waals surface area (Å²) >= 11 is 1.43. The Hall–Kier alpha value is -3.93. The highest BCUT2D eigenvalue weighted by atomic mass is 32.1. The number of amides is 1. The predicted molar refractivity (Wildman–Crippen MR) is 136 cm³/mol. The molecule has 0 saturated heterocycles. The van der Waals surface area contributed by atoms with Gasteiger partial charge in [-0.3, -0.25) is 4.79 Å². The van der Waals surface area contributed by atoms with E-state index in [1.807, 2.05) is 34.7 Å². The van der Waals surface area contributed by atoms with Crippen molar-refractivity contribution in [3.05, 3.63) is 59.4 Å². The van der Waals surface area contributed by atoms with E-state index in [1.165, 1.54) is 23.7 Å². The molecule has 0 spiro atoms. The summed E-state index contributed by atoms with van der Waals surface area (Å²) in [5.74, 6) is -0.203. The molecule has 1 aromatic carbocycles. The van der Waals surface area contributed by atoms with Crippen LogP contribution in [0.3, 0.4) is 0 Å². The van der Waals surface area contributed by atoms with Gasteiger partial charge in [0.15, 0.2) is 11.0 Å². The number of hydrogen-bond donors (Lipinski definition) is 3. The number of carbonyl (C=O) groups is 1. The fraction of sp³-hybridized carbons (Fsp3) is 0.333. The van der Waals surface area contributed by atoms with Gasteiger partial charge in [-0.05, 0) is 37.1 Å². The maximum absolute atomic E-state index is 15.2. The summed E-state index contributed by atoms with van der Waals surface area (Å²) in [6.45, 7) is 9.38. The Morgan fingerprint density at radius 1 is 1.17 bits per heavy atom. The zero-order valence-corrected chi connectivity index (χ0v) is 21.6. The molecule has 4 rings (SSSR count).